The van der Waals surface area contributed by atoms with Gasteiger partial charge in [0.05, 0.1) is 19.5 Å². The van der Waals surface area contributed by atoms with E-state index in [1.165, 1.54) is 13.3 Å². The molecule has 1 aromatic rings. The molecule has 1 rings (SSSR count). The Bertz CT molecular complexity index is 401. The van der Waals surface area contributed by atoms with Crippen LogP contribution in [0.2, 0.25) is 0 Å². The summed E-state index contributed by atoms with van der Waals surface area (Å²) in [6.45, 7) is 2.13. The van der Waals surface area contributed by atoms with Crippen LogP contribution in [0.1, 0.15) is 23.8 Å². The Kier molecular flexibility index (Phi) is 5.91. The predicted octanol–water partition coefficient (Wildman–Crippen LogP) is 1.84. The van der Waals surface area contributed by atoms with E-state index in [1.807, 2.05) is 23.7 Å². The maximum atomic E-state index is 11.4. The van der Waals surface area contributed by atoms with E-state index in [0.717, 1.165) is 12.2 Å². The summed E-state index contributed by atoms with van der Waals surface area (Å²) >= 11 is 1.82. The minimum absolute atomic E-state index is 0.235. The van der Waals surface area contributed by atoms with Gasteiger partial charge in [-0.3, -0.25) is 4.98 Å². The number of esters is 1. The number of methoxy groups -OCH3 is 1. The van der Waals surface area contributed by atoms with E-state index in [0.29, 0.717) is 11.9 Å². The molecule has 1 atom stereocenters. The van der Waals surface area contributed by atoms with Gasteiger partial charge in [0.15, 0.2) is 5.69 Å². The van der Waals surface area contributed by atoms with Crippen LogP contribution in [0.5, 0.6) is 0 Å². The fourth-order valence-corrected chi connectivity index (χ4v) is 2.01. The van der Waals surface area contributed by atoms with Crippen molar-refractivity contribution in [2.45, 2.75) is 19.4 Å². The van der Waals surface area contributed by atoms with Crippen LogP contribution >= 0.6 is 11.8 Å². The van der Waals surface area contributed by atoms with E-state index in [4.69, 9.17) is 0 Å². The molecule has 6 heteroatoms. The summed E-state index contributed by atoms with van der Waals surface area (Å²) < 4.78 is 4.63. The van der Waals surface area contributed by atoms with E-state index in [1.54, 1.807) is 6.20 Å². The normalized spacial score (nSPS) is 12.0. The molecule has 0 aliphatic rings. The minimum Gasteiger partial charge on any atom is -0.464 e. The van der Waals surface area contributed by atoms with E-state index in [-0.39, 0.29) is 5.69 Å². The monoisotopic (exact) mass is 269 g/mol. The van der Waals surface area contributed by atoms with Crippen molar-refractivity contribution in [1.29, 1.82) is 0 Å². The van der Waals surface area contributed by atoms with Gasteiger partial charge in [-0.05, 0) is 25.4 Å². The molecule has 1 aromatic heterocycles. The summed E-state index contributed by atoms with van der Waals surface area (Å²) in [5.74, 6) is 1.32. The Morgan fingerprint density at radius 3 is 2.89 bits per heavy atom. The summed E-state index contributed by atoms with van der Waals surface area (Å²) in [5, 5.41) is 0. The lowest BCUT2D eigenvalue weighted by atomic mass is 10.2. The zero-order valence-electron chi connectivity index (χ0n) is 11.2. The standard InChI is InChI=1S/C12H19N3O2S/c1-9(5-6-18-4)15(2)11-8-13-7-10(14-11)12(16)17-3/h7-9H,5-6H2,1-4H3. The summed E-state index contributed by atoms with van der Waals surface area (Å²) in [6.07, 6.45) is 6.21. The highest BCUT2D eigenvalue weighted by atomic mass is 32.2. The zero-order chi connectivity index (χ0) is 13.5. The summed E-state index contributed by atoms with van der Waals surface area (Å²) in [5.41, 5.74) is 0.235. The third kappa shape index (κ3) is 3.87. The third-order valence-electron chi connectivity index (χ3n) is 2.78. The molecule has 0 radical (unpaired) electrons. The molecular formula is C12H19N3O2S. The van der Waals surface area contributed by atoms with Gasteiger partial charge in [-0.2, -0.15) is 11.8 Å². The third-order valence-corrected chi connectivity index (χ3v) is 3.42. The van der Waals surface area contributed by atoms with E-state index >= 15 is 0 Å². The number of ether oxygens (including phenoxy) is 1. The lowest BCUT2D eigenvalue weighted by molar-refractivity contribution is 0.0593. The van der Waals surface area contributed by atoms with Gasteiger partial charge in [-0.15, -0.1) is 0 Å². The first kappa shape index (κ1) is 14.8. The minimum atomic E-state index is -0.463. The Hall–Kier alpha value is -1.30. The highest BCUT2D eigenvalue weighted by Crippen LogP contribution is 2.14. The Morgan fingerprint density at radius 1 is 1.56 bits per heavy atom. The van der Waals surface area contributed by atoms with Crippen LogP contribution in [-0.4, -0.2) is 48.1 Å². The molecule has 0 fully saturated rings. The van der Waals surface area contributed by atoms with Crippen LogP contribution in [0.4, 0.5) is 5.82 Å². The molecule has 0 aliphatic carbocycles. The molecule has 0 amide bonds. The Balaban J connectivity index is 2.79. The Labute approximate surface area is 112 Å². The second-order valence-corrected chi connectivity index (χ2v) is 4.98. The molecular weight excluding hydrogens is 250 g/mol. The number of carbonyl (C=O) groups is 1. The quantitative estimate of drug-likeness (QED) is 0.735. The van der Waals surface area contributed by atoms with Crippen LogP contribution in [0.15, 0.2) is 12.4 Å². The van der Waals surface area contributed by atoms with E-state index < -0.39 is 5.97 Å². The number of nitrogens with zero attached hydrogens (tertiary/aromatic N) is 3. The van der Waals surface area contributed by atoms with Gasteiger partial charge in [-0.25, -0.2) is 9.78 Å². The van der Waals surface area contributed by atoms with Crippen molar-refractivity contribution in [3.05, 3.63) is 18.1 Å². The number of carbonyl (C=O) groups excluding carboxylic acids is 1. The van der Waals surface area contributed by atoms with Gasteiger partial charge in [0.1, 0.15) is 5.82 Å². The van der Waals surface area contributed by atoms with Crippen molar-refractivity contribution in [2.75, 3.05) is 31.1 Å². The summed E-state index contributed by atoms with van der Waals surface area (Å²) in [6, 6.07) is 0.347. The average molecular weight is 269 g/mol. The second-order valence-electron chi connectivity index (χ2n) is 4.00. The molecule has 1 heterocycles. The first-order valence-electron chi connectivity index (χ1n) is 5.72. The van der Waals surface area contributed by atoms with Crippen molar-refractivity contribution < 1.29 is 9.53 Å². The van der Waals surface area contributed by atoms with Crippen LogP contribution in [-0.2, 0) is 4.74 Å². The summed E-state index contributed by atoms with van der Waals surface area (Å²) in [7, 11) is 3.29. The number of aromatic nitrogens is 2. The molecule has 0 N–H and O–H groups in total. The predicted molar refractivity (Wildman–Crippen MR) is 74.2 cm³/mol. The van der Waals surface area contributed by atoms with Gasteiger partial charge in [0.25, 0.3) is 0 Å². The van der Waals surface area contributed by atoms with Gasteiger partial charge in [0, 0.05) is 13.1 Å². The smallest absolute Gasteiger partial charge is 0.358 e. The maximum absolute atomic E-state index is 11.4. The van der Waals surface area contributed by atoms with E-state index in [9.17, 15) is 4.79 Å². The van der Waals surface area contributed by atoms with Gasteiger partial charge >= 0.3 is 5.97 Å². The van der Waals surface area contributed by atoms with Crippen LogP contribution in [0, 0.1) is 0 Å². The largest absolute Gasteiger partial charge is 0.464 e. The molecule has 100 valence electrons. The van der Waals surface area contributed by atoms with Gasteiger partial charge in [-0.1, -0.05) is 0 Å². The van der Waals surface area contributed by atoms with Crippen LogP contribution in [0.25, 0.3) is 0 Å². The highest BCUT2D eigenvalue weighted by Gasteiger charge is 2.14. The topological polar surface area (TPSA) is 55.3 Å². The van der Waals surface area contributed by atoms with Gasteiger partial charge < -0.3 is 9.64 Å². The Morgan fingerprint density at radius 2 is 2.28 bits per heavy atom. The number of thioether (sulfide) groups is 1. The molecule has 0 saturated carbocycles. The maximum Gasteiger partial charge on any atom is 0.358 e. The zero-order valence-corrected chi connectivity index (χ0v) is 12.0. The lowest BCUT2D eigenvalue weighted by Crippen LogP contribution is -2.30. The van der Waals surface area contributed by atoms with Crippen LogP contribution < -0.4 is 4.90 Å². The molecule has 0 bridgehead atoms. The number of rotatable bonds is 6. The average Bonchev–Trinajstić information content (AvgIpc) is 2.43. The van der Waals surface area contributed by atoms with Gasteiger partial charge in [0.2, 0.25) is 0 Å². The first-order chi connectivity index (χ1) is 8.60. The fourth-order valence-electron chi connectivity index (χ4n) is 1.44. The van der Waals surface area contributed by atoms with Crippen molar-refractivity contribution in [3.63, 3.8) is 0 Å². The van der Waals surface area contributed by atoms with Crippen molar-refractivity contribution in [2.24, 2.45) is 0 Å². The summed E-state index contributed by atoms with van der Waals surface area (Å²) in [4.78, 5) is 21.7. The van der Waals surface area contributed by atoms with Crippen molar-refractivity contribution in [3.8, 4) is 0 Å². The molecule has 0 aromatic carbocycles. The molecule has 0 spiro atoms. The molecule has 18 heavy (non-hydrogen) atoms. The molecule has 1 unspecified atom stereocenters. The molecule has 0 saturated heterocycles. The fraction of sp³-hybridized carbons (Fsp3) is 0.583. The van der Waals surface area contributed by atoms with Crippen LogP contribution in [0.3, 0.4) is 0 Å². The second kappa shape index (κ2) is 7.20. The molecule has 5 nitrogen and oxygen atoms in total. The lowest BCUT2D eigenvalue weighted by Gasteiger charge is -2.25. The number of anilines is 1. The van der Waals surface area contributed by atoms with Crippen molar-refractivity contribution in [1.82, 2.24) is 9.97 Å². The molecule has 0 aliphatic heterocycles. The van der Waals surface area contributed by atoms with Crippen molar-refractivity contribution >= 4 is 23.5 Å². The SMILES string of the molecule is COC(=O)c1cncc(N(C)C(C)CCSC)n1. The highest BCUT2D eigenvalue weighted by molar-refractivity contribution is 7.98. The number of hydrogen-bond acceptors (Lipinski definition) is 6. The van der Waals surface area contributed by atoms with E-state index in [2.05, 4.69) is 27.9 Å². The number of hydrogen-bond donors (Lipinski definition) is 0. The first-order valence-corrected chi connectivity index (χ1v) is 7.11.